The van der Waals surface area contributed by atoms with Crippen molar-refractivity contribution < 1.29 is 28.3 Å². The normalized spacial score (nSPS) is 29.2. The van der Waals surface area contributed by atoms with Crippen molar-refractivity contribution in [2.24, 2.45) is 0 Å². The molecule has 0 saturated carbocycles. The molecule has 1 aromatic heterocycles. The van der Waals surface area contributed by atoms with Crippen molar-refractivity contribution in [1.82, 2.24) is 9.71 Å². The fourth-order valence-corrected chi connectivity index (χ4v) is 3.10. The number of aromatic nitrogens is 1. The second kappa shape index (κ2) is 6.62. The number of aliphatic hydroxyl groups excluding tert-OH is 2. The highest BCUT2D eigenvalue weighted by molar-refractivity contribution is 7.89. The lowest BCUT2D eigenvalue weighted by Crippen LogP contribution is -2.53. The van der Waals surface area contributed by atoms with Gasteiger partial charge in [0.1, 0.15) is 4.90 Å². The molecular formula is C11H15N3O7S. The average molecular weight is 333 g/mol. The van der Waals surface area contributed by atoms with Gasteiger partial charge in [0.25, 0.3) is 0 Å². The predicted octanol–water partition coefficient (Wildman–Crippen LogP) is -1.53. The molecule has 0 spiro atoms. The van der Waals surface area contributed by atoms with Crippen molar-refractivity contribution in [3.8, 4) is 0 Å². The molecule has 2 unspecified atom stereocenters. The van der Waals surface area contributed by atoms with Crippen molar-refractivity contribution in [3.63, 3.8) is 0 Å². The van der Waals surface area contributed by atoms with Crippen LogP contribution in [0.15, 0.2) is 29.4 Å². The third kappa shape index (κ3) is 3.75. The minimum absolute atomic E-state index is 0.0581. The first kappa shape index (κ1) is 16.7. The zero-order valence-corrected chi connectivity index (χ0v) is 12.1. The molecule has 4 atom stereocenters. The Morgan fingerprint density at radius 3 is 2.82 bits per heavy atom. The van der Waals surface area contributed by atoms with E-state index in [2.05, 4.69) is 9.71 Å². The van der Waals surface area contributed by atoms with Crippen molar-refractivity contribution in [1.29, 1.82) is 0 Å². The van der Waals surface area contributed by atoms with E-state index in [0.29, 0.717) is 0 Å². The van der Waals surface area contributed by atoms with Gasteiger partial charge in [-0.2, -0.15) is 0 Å². The van der Waals surface area contributed by atoms with Gasteiger partial charge in [0, 0.05) is 30.3 Å². The number of sulfonamides is 1. The van der Waals surface area contributed by atoms with E-state index in [1.165, 1.54) is 18.3 Å². The monoisotopic (exact) mass is 333 g/mol. The number of nitrogens with zero attached hydrogens (tertiary/aromatic N) is 2. The molecule has 1 aromatic rings. The summed E-state index contributed by atoms with van der Waals surface area (Å²) >= 11 is 0. The molecule has 1 fully saturated rings. The topological polar surface area (TPSA) is 152 Å². The van der Waals surface area contributed by atoms with Crippen LogP contribution in [0.4, 0.5) is 0 Å². The lowest BCUT2D eigenvalue weighted by atomic mass is 10.0. The summed E-state index contributed by atoms with van der Waals surface area (Å²) < 4.78 is 31.2. The van der Waals surface area contributed by atoms with Crippen molar-refractivity contribution in [2.45, 2.75) is 35.9 Å². The van der Waals surface area contributed by atoms with Crippen LogP contribution in [0.5, 0.6) is 0 Å². The summed E-state index contributed by atoms with van der Waals surface area (Å²) in [4.78, 5) is 13.7. The molecule has 11 heteroatoms. The largest absolute Gasteiger partial charge is 0.381 e. The number of nitrogens with one attached hydrogen (secondary N) is 1. The van der Waals surface area contributed by atoms with Crippen molar-refractivity contribution in [3.05, 3.63) is 34.6 Å². The van der Waals surface area contributed by atoms with Gasteiger partial charge in [0.15, 0.2) is 12.4 Å². The highest BCUT2D eigenvalue weighted by Crippen LogP contribution is 2.21. The second-order valence-electron chi connectivity index (χ2n) is 4.77. The van der Waals surface area contributed by atoms with Gasteiger partial charge in [-0.15, -0.1) is 0 Å². The second-order valence-corrected chi connectivity index (χ2v) is 6.54. The maximum Gasteiger partial charge on any atom is 0.246 e. The Morgan fingerprint density at radius 1 is 1.50 bits per heavy atom. The number of nitro groups is 1. The summed E-state index contributed by atoms with van der Waals surface area (Å²) in [6, 6.07) is 1.38. The summed E-state index contributed by atoms with van der Waals surface area (Å²) in [6.07, 6.45) is -1.97. The molecule has 0 bridgehead atoms. The number of hydrogen-bond acceptors (Lipinski definition) is 8. The van der Waals surface area contributed by atoms with Gasteiger partial charge in [0.2, 0.25) is 16.1 Å². The van der Waals surface area contributed by atoms with E-state index in [0.717, 1.165) is 6.20 Å². The third-order valence-corrected chi connectivity index (χ3v) is 4.65. The van der Waals surface area contributed by atoms with Gasteiger partial charge in [0.05, 0.1) is 6.10 Å². The van der Waals surface area contributed by atoms with Crippen LogP contribution >= 0.6 is 0 Å². The first-order valence-electron chi connectivity index (χ1n) is 6.36. The Labute approximate surface area is 126 Å². The zero-order valence-electron chi connectivity index (χ0n) is 11.3. The zero-order chi connectivity index (χ0) is 16.3. The van der Waals surface area contributed by atoms with Gasteiger partial charge in [-0.05, 0) is 12.1 Å². The lowest BCUT2D eigenvalue weighted by molar-refractivity contribution is -0.550. The number of hydrogen-bond donors (Lipinski definition) is 3. The SMILES string of the molecule is O=[N+]([O-])C1CC(CNS(=O)(=O)c2cccnc2)O[C@@H](O)[C@H]1O. The van der Waals surface area contributed by atoms with Crippen molar-refractivity contribution >= 4 is 10.0 Å². The van der Waals surface area contributed by atoms with Gasteiger partial charge in [-0.3, -0.25) is 15.1 Å². The lowest BCUT2D eigenvalue weighted by Gasteiger charge is -2.32. The molecule has 0 aliphatic carbocycles. The molecule has 0 amide bonds. The molecule has 22 heavy (non-hydrogen) atoms. The fourth-order valence-electron chi connectivity index (χ4n) is 2.07. The predicted molar refractivity (Wildman–Crippen MR) is 71.7 cm³/mol. The molecule has 122 valence electrons. The summed E-state index contributed by atoms with van der Waals surface area (Å²) in [7, 11) is -3.83. The molecule has 0 radical (unpaired) electrons. The van der Waals surface area contributed by atoms with E-state index in [1.54, 1.807) is 0 Å². The Morgan fingerprint density at radius 2 is 2.23 bits per heavy atom. The van der Waals surface area contributed by atoms with Crippen LogP contribution in [0, 0.1) is 10.1 Å². The highest BCUT2D eigenvalue weighted by atomic mass is 32.2. The summed E-state index contributed by atoms with van der Waals surface area (Å²) in [5.74, 6) is 0. The van der Waals surface area contributed by atoms with Crippen LogP contribution in [-0.4, -0.2) is 59.6 Å². The maximum atomic E-state index is 12.0. The van der Waals surface area contributed by atoms with Crippen LogP contribution in [0.25, 0.3) is 0 Å². The highest BCUT2D eigenvalue weighted by Gasteiger charge is 2.44. The average Bonchev–Trinajstić information content (AvgIpc) is 2.49. The number of pyridine rings is 1. The standard InChI is InChI=1S/C11H15N3O7S/c15-10-9(14(17)18)4-7(21-11(10)16)5-13-22(19,20)8-2-1-3-12-6-8/h1-3,6-7,9-11,13,15-16H,4-5H2/t7?,9?,10-,11+/m0/s1. The quantitative estimate of drug-likeness (QED) is 0.433. The molecule has 1 aliphatic rings. The number of ether oxygens (including phenoxy) is 1. The first-order chi connectivity index (χ1) is 10.3. The molecule has 2 heterocycles. The first-order valence-corrected chi connectivity index (χ1v) is 7.84. The van der Waals surface area contributed by atoms with Gasteiger partial charge in [-0.1, -0.05) is 0 Å². The minimum Gasteiger partial charge on any atom is -0.381 e. The van der Waals surface area contributed by atoms with Crippen molar-refractivity contribution in [2.75, 3.05) is 6.54 Å². The minimum atomic E-state index is -3.83. The molecule has 1 saturated heterocycles. The Bertz CT molecular complexity index is 624. The molecule has 2 rings (SSSR count). The summed E-state index contributed by atoms with van der Waals surface area (Å²) in [6.45, 7) is -0.272. The van der Waals surface area contributed by atoms with Gasteiger partial charge >= 0.3 is 0 Å². The Balaban J connectivity index is 2.01. The fraction of sp³-hybridized carbons (Fsp3) is 0.545. The number of aliphatic hydroxyl groups is 2. The Hall–Kier alpha value is -1.66. The van der Waals surface area contributed by atoms with Crippen LogP contribution in [-0.2, 0) is 14.8 Å². The van der Waals surface area contributed by atoms with Crippen LogP contribution < -0.4 is 4.72 Å². The summed E-state index contributed by atoms with van der Waals surface area (Å²) in [5, 5.41) is 29.7. The smallest absolute Gasteiger partial charge is 0.246 e. The Kier molecular flexibility index (Phi) is 5.03. The van der Waals surface area contributed by atoms with Gasteiger partial charge < -0.3 is 14.9 Å². The van der Waals surface area contributed by atoms with Crippen LogP contribution in [0.1, 0.15) is 6.42 Å². The van der Waals surface area contributed by atoms with Crippen LogP contribution in [0.2, 0.25) is 0 Å². The van der Waals surface area contributed by atoms with E-state index < -0.39 is 39.5 Å². The molecule has 10 nitrogen and oxygen atoms in total. The summed E-state index contributed by atoms with van der Waals surface area (Å²) in [5.41, 5.74) is 0. The van der Waals surface area contributed by atoms with Gasteiger partial charge in [-0.25, -0.2) is 13.1 Å². The van der Waals surface area contributed by atoms with E-state index in [1.807, 2.05) is 0 Å². The third-order valence-electron chi connectivity index (χ3n) is 3.24. The molecular weight excluding hydrogens is 318 g/mol. The maximum absolute atomic E-state index is 12.0. The van der Waals surface area contributed by atoms with Crippen LogP contribution in [0.3, 0.4) is 0 Å². The molecule has 3 N–H and O–H groups in total. The van der Waals surface area contributed by atoms with E-state index in [-0.39, 0.29) is 17.9 Å². The molecule has 1 aliphatic heterocycles. The van der Waals surface area contributed by atoms with E-state index in [9.17, 15) is 28.7 Å². The van der Waals surface area contributed by atoms with E-state index >= 15 is 0 Å². The van der Waals surface area contributed by atoms with E-state index in [4.69, 9.17) is 4.74 Å². The molecule has 0 aromatic carbocycles. The number of rotatable bonds is 5.